The Hall–Kier alpha value is -0.0400. The monoisotopic (exact) mass is 211 g/mol. The molecule has 0 aromatic rings. The first-order chi connectivity index (χ1) is 7.16. The summed E-state index contributed by atoms with van der Waals surface area (Å²) in [6.07, 6.45) is 10.6. The van der Waals surface area contributed by atoms with E-state index in [1.165, 1.54) is 51.4 Å². The van der Waals surface area contributed by atoms with Crippen molar-refractivity contribution in [1.82, 2.24) is 0 Å². The van der Waals surface area contributed by atoms with Gasteiger partial charge in [-0.15, -0.1) is 0 Å². The first kappa shape index (κ1) is 13.0. The molecule has 0 saturated heterocycles. The summed E-state index contributed by atoms with van der Waals surface area (Å²) in [4.78, 5) is 0. The molecule has 1 aliphatic rings. The smallest absolute Gasteiger partial charge is 0.0182 e. The zero-order chi connectivity index (χ0) is 11.3. The Balaban J connectivity index is 2.46. The molecule has 0 unspecified atom stereocenters. The van der Waals surface area contributed by atoms with Gasteiger partial charge in [-0.2, -0.15) is 0 Å². The fourth-order valence-electron chi connectivity index (χ4n) is 3.42. The summed E-state index contributed by atoms with van der Waals surface area (Å²) >= 11 is 0. The molecule has 1 saturated carbocycles. The van der Waals surface area contributed by atoms with Gasteiger partial charge < -0.3 is 5.73 Å². The Morgan fingerprint density at radius 3 is 2.07 bits per heavy atom. The maximum Gasteiger partial charge on any atom is 0.0182 e. The molecule has 0 spiro atoms. The van der Waals surface area contributed by atoms with Crippen LogP contribution in [0.5, 0.6) is 0 Å². The Morgan fingerprint density at radius 2 is 1.67 bits per heavy atom. The van der Waals surface area contributed by atoms with Crippen molar-refractivity contribution in [1.29, 1.82) is 0 Å². The van der Waals surface area contributed by atoms with Gasteiger partial charge >= 0.3 is 0 Å². The van der Waals surface area contributed by atoms with Crippen LogP contribution in [0.15, 0.2) is 0 Å². The summed E-state index contributed by atoms with van der Waals surface area (Å²) in [7, 11) is 0. The van der Waals surface area contributed by atoms with E-state index in [4.69, 9.17) is 5.73 Å². The van der Waals surface area contributed by atoms with E-state index in [0.29, 0.717) is 0 Å². The van der Waals surface area contributed by atoms with Crippen LogP contribution in [0.25, 0.3) is 0 Å². The maximum atomic E-state index is 6.58. The summed E-state index contributed by atoms with van der Waals surface area (Å²) in [5.41, 5.74) is 6.76. The predicted octanol–water partition coefficient (Wildman–Crippen LogP) is 4.11. The third-order valence-corrected chi connectivity index (χ3v) is 4.53. The standard InChI is InChI=1S/C14H29N/c1-4-7-12-8-10-14(15,11-9-12)13(5-2)6-3/h12-13H,4-11,15H2,1-3H3. The topological polar surface area (TPSA) is 26.0 Å². The van der Waals surface area contributed by atoms with E-state index in [1.807, 2.05) is 0 Å². The molecule has 0 heterocycles. The van der Waals surface area contributed by atoms with Gasteiger partial charge in [0.15, 0.2) is 0 Å². The third-order valence-electron chi connectivity index (χ3n) is 4.53. The summed E-state index contributed by atoms with van der Waals surface area (Å²) in [5.74, 6) is 1.72. The molecular formula is C14H29N. The fraction of sp³-hybridized carbons (Fsp3) is 1.00. The molecule has 1 nitrogen and oxygen atoms in total. The van der Waals surface area contributed by atoms with Crippen LogP contribution >= 0.6 is 0 Å². The molecule has 0 atom stereocenters. The first-order valence-electron chi connectivity index (χ1n) is 6.95. The predicted molar refractivity (Wildman–Crippen MR) is 67.9 cm³/mol. The molecular weight excluding hydrogens is 182 g/mol. The summed E-state index contributed by atoms with van der Waals surface area (Å²) in [5, 5.41) is 0. The highest BCUT2D eigenvalue weighted by atomic mass is 14.8. The molecule has 1 heteroatoms. The van der Waals surface area contributed by atoms with Crippen LogP contribution in [0, 0.1) is 11.8 Å². The number of hydrogen-bond acceptors (Lipinski definition) is 1. The number of nitrogens with two attached hydrogens (primary N) is 1. The quantitative estimate of drug-likeness (QED) is 0.727. The molecule has 0 amide bonds. The largest absolute Gasteiger partial charge is 0.325 e. The van der Waals surface area contributed by atoms with E-state index in [-0.39, 0.29) is 5.54 Å². The van der Waals surface area contributed by atoms with Crippen LogP contribution in [0.3, 0.4) is 0 Å². The van der Waals surface area contributed by atoms with Crippen molar-refractivity contribution < 1.29 is 0 Å². The molecule has 1 fully saturated rings. The van der Waals surface area contributed by atoms with E-state index >= 15 is 0 Å². The van der Waals surface area contributed by atoms with Crippen molar-refractivity contribution in [3.8, 4) is 0 Å². The van der Waals surface area contributed by atoms with Gasteiger partial charge in [-0.3, -0.25) is 0 Å². The number of hydrogen-bond donors (Lipinski definition) is 1. The van der Waals surface area contributed by atoms with Gasteiger partial charge in [0.25, 0.3) is 0 Å². The first-order valence-corrected chi connectivity index (χ1v) is 6.95. The maximum absolute atomic E-state index is 6.58. The average molecular weight is 211 g/mol. The lowest BCUT2D eigenvalue weighted by Crippen LogP contribution is -2.49. The molecule has 1 rings (SSSR count). The normalized spacial score (nSPS) is 32.2. The minimum atomic E-state index is 0.174. The van der Waals surface area contributed by atoms with Crippen LogP contribution in [0.4, 0.5) is 0 Å². The molecule has 1 aliphatic carbocycles. The van der Waals surface area contributed by atoms with Gasteiger partial charge in [0.1, 0.15) is 0 Å². The highest BCUT2D eigenvalue weighted by Gasteiger charge is 2.36. The van der Waals surface area contributed by atoms with Gasteiger partial charge in [-0.1, -0.05) is 46.5 Å². The fourth-order valence-corrected chi connectivity index (χ4v) is 3.42. The van der Waals surface area contributed by atoms with Crippen molar-refractivity contribution in [3.05, 3.63) is 0 Å². The lowest BCUT2D eigenvalue weighted by Gasteiger charge is -2.42. The van der Waals surface area contributed by atoms with Gasteiger partial charge in [0.05, 0.1) is 0 Å². The Kier molecular flexibility index (Phi) is 5.11. The van der Waals surface area contributed by atoms with Crippen LogP contribution in [0.2, 0.25) is 0 Å². The second kappa shape index (κ2) is 5.89. The van der Waals surface area contributed by atoms with Crippen LogP contribution in [-0.2, 0) is 0 Å². The highest BCUT2D eigenvalue weighted by molar-refractivity contribution is 4.94. The van der Waals surface area contributed by atoms with Crippen molar-refractivity contribution >= 4 is 0 Å². The summed E-state index contributed by atoms with van der Waals surface area (Å²) in [6, 6.07) is 0. The number of rotatable bonds is 5. The molecule has 0 aliphatic heterocycles. The van der Waals surface area contributed by atoms with E-state index in [2.05, 4.69) is 20.8 Å². The molecule has 0 aromatic heterocycles. The zero-order valence-electron chi connectivity index (χ0n) is 10.9. The highest BCUT2D eigenvalue weighted by Crippen LogP contribution is 2.39. The van der Waals surface area contributed by atoms with Crippen molar-refractivity contribution in [3.63, 3.8) is 0 Å². The Bertz CT molecular complexity index is 164. The Labute approximate surface area is 95.8 Å². The SMILES string of the molecule is CCCC1CCC(N)(C(CC)CC)CC1. The van der Waals surface area contributed by atoms with Crippen molar-refractivity contribution in [2.75, 3.05) is 0 Å². The van der Waals surface area contributed by atoms with Crippen molar-refractivity contribution in [2.24, 2.45) is 17.6 Å². The van der Waals surface area contributed by atoms with E-state index in [1.54, 1.807) is 0 Å². The van der Waals surface area contributed by atoms with Crippen molar-refractivity contribution in [2.45, 2.75) is 77.7 Å². The van der Waals surface area contributed by atoms with E-state index in [9.17, 15) is 0 Å². The Morgan fingerprint density at radius 1 is 1.13 bits per heavy atom. The minimum Gasteiger partial charge on any atom is -0.325 e. The van der Waals surface area contributed by atoms with Crippen LogP contribution < -0.4 is 5.73 Å². The second-order valence-electron chi connectivity index (χ2n) is 5.48. The van der Waals surface area contributed by atoms with Gasteiger partial charge in [-0.25, -0.2) is 0 Å². The van der Waals surface area contributed by atoms with Crippen LogP contribution in [0.1, 0.15) is 72.1 Å². The molecule has 0 radical (unpaired) electrons. The molecule has 0 bridgehead atoms. The second-order valence-corrected chi connectivity index (χ2v) is 5.48. The van der Waals surface area contributed by atoms with E-state index in [0.717, 1.165) is 11.8 Å². The molecule has 0 aromatic carbocycles. The summed E-state index contributed by atoms with van der Waals surface area (Å²) in [6.45, 7) is 6.88. The zero-order valence-corrected chi connectivity index (χ0v) is 10.9. The lowest BCUT2D eigenvalue weighted by molar-refractivity contribution is 0.149. The average Bonchev–Trinajstić information content (AvgIpc) is 2.24. The summed E-state index contributed by atoms with van der Waals surface area (Å²) < 4.78 is 0. The third kappa shape index (κ3) is 3.21. The molecule has 90 valence electrons. The molecule has 15 heavy (non-hydrogen) atoms. The van der Waals surface area contributed by atoms with Gasteiger partial charge in [0.2, 0.25) is 0 Å². The van der Waals surface area contributed by atoms with Gasteiger partial charge in [0, 0.05) is 5.54 Å². The van der Waals surface area contributed by atoms with Crippen LogP contribution in [-0.4, -0.2) is 5.54 Å². The lowest BCUT2D eigenvalue weighted by atomic mass is 9.68. The molecule has 2 N–H and O–H groups in total. The van der Waals surface area contributed by atoms with E-state index < -0.39 is 0 Å². The minimum absolute atomic E-state index is 0.174. The van der Waals surface area contributed by atoms with Gasteiger partial charge in [-0.05, 0) is 37.5 Å².